The summed E-state index contributed by atoms with van der Waals surface area (Å²) in [6.45, 7) is 1.87. The van der Waals surface area contributed by atoms with Crippen LogP contribution in [0.3, 0.4) is 0 Å². The summed E-state index contributed by atoms with van der Waals surface area (Å²) in [5.74, 6) is 0.293. The zero-order valence-corrected chi connectivity index (χ0v) is 16.9. The first kappa shape index (κ1) is 20.9. The van der Waals surface area contributed by atoms with Crippen LogP contribution in [0.5, 0.6) is 0 Å². The quantitative estimate of drug-likeness (QED) is 0.506. The largest absolute Gasteiger partial charge is 0.416 e. The molecule has 1 heterocycles. The number of aromatic nitrogens is 1. The smallest absolute Gasteiger partial charge is 0.356 e. The number of hydrogen-bond acceptors (Lipinski definition) is 3. The molecule has 0 radical (unpaired) electrons. The van der Waals surface area contributed by atoms with Crippen molar-refractivity contribution in [1.29, 1.82) is 0 Å². The maximum absolute atomic E-state index is 12.8. The Morgan fingerprint density at radius 3 is 2.74 bits per heavy atom. The van der Waals surface area contributed by atoms with Gasteiger partial charge in [0.15, 0.2) is 5.76 Å². The van der Waals surface area contributed by atoms with E-state index >= 15 is 0 Å². The predicted molar refractivity (Wildman–Crippen MR) is 112 cm³/mol. The normalized spacial score (nSPS) is 13.9. The summed E-state index contributed by atoms with van der Waals surface area (Å²) in [6, 6.07) is 10.5. The van der Waals surface area contributed by atoms with E-state index in [0.29, 0.717) is 11.3 Å². The molecule has 1 aromatic heterocycles. The van der Waals surface area contributed by atoms with Gasteiger partial charge in [0, 0.05) is 22.9 Å². The minimum atomic E-state index is -4.43. The van der Waals surface area contributed by atoms with Gasteiger partial charge in [-0.3, -0.25) is 4.79 Å². The molecular weight excluding hydrogens is 405 g/mol. The summed E-state index contributed by atoms with van der Waals surface area (Å²) in [6.07, 6.45) is 2.18. The molecule has 0 fully saturated rings. The van der Waals surface area contributed by atoms with Gasteiger partial charge in [-0.25, -0.2) is 0 Å². The highest BCUT2D eigenvalue weighted by atomic mass is 19.4. The third kappa shape index (κ3) is 4.71. The van der Waals surface area contributed by atoms with Crippen LogP contribution in [-0.2, 0) is 23.8 Å². The van der Waals surface area contributed by atoms with Gasteiger partial charge >= 0.3 is 6.18 Å². The lowest BCUT2D eigenvalue weighted by atomic mass is 9.93. The highest BCUT2D eigenvalue weighted by molar-refractivity contribution is 6.02. The summed E-state index contributed by atoms with van der Waals surface area (Å²) >= 11 is 0. The second-order valence-electron chi connectivity index (χ2n) is 7.62. The van der Waals surface area contributed by atoms with E-state index < -0.39 is 17.6 Å². The molecule has 0 saturated carbocycles. The lowest BCUT2D eigenvalue weighted by Crippen LogP contribution is -2.09. The van der Waals surface area contributed by atoms with E-state index in [1.54, 1.807) is 0 Å². The van der Waals surface area contributed by atoms with Gasteiger partial charge in [0.25, 0.3) is 0 Å². The molecule has 1 N–H and O–H groups in total. The van der Waals surface area contributed by atoms with Crippen molar-refractivity contribution in [2.75, 3.05) is 5.32 Å². The van der Waals surface area contributed by atoms with E-state index in [1.165, 1.54) is 24.3 Å². The van der Waals surface area contributed by atoms with Crippen molar-refractivity contribution in [1.82, 2.24) is 5.16 Å². The average molecular weight is 426 g/mol. The van der Waals surface area contributed by atoms with E-state index in [0.717, 1.165) is 66.0 Å². The van der Waals surface area contributed by atoms with Gasteiger partial charge in [0.1, 0.15) is 0 Å². The first-order chi connectivity index (χ1) is 14.8. The number of hydrogen-bond donors (Lipinski definition) is 1. The topological polar surface area (TPSA) is 55.1 Å². The van der Waals surface area contributed by atoms with Crippen LogP contribution in [-0.4, -0.2) is 11.1 Å². The van der Waals surface area contributed by atoms with E-state index in [1.807, 2.05) is 25.1 Å². The minimum absolute atomic E-state index is 0.295. The van der Waals surface area contributed by atoms with Crippen molar-refractivity contribution in [2.45, 2.75) is 38.8 Å². The first-order valence-corrected chi connectivity index (χ1v) is 10.1. The molecular formula is C24H21F3N2O2. The van der Waals surface area contributed by atoms with E-state index in [2.05, 4.69) is 10.5 Å². The monoisotopic (exact) mass is 426 g/mol. The molecule has 4 nitrogen and oxygen atoms in total. The number of nitrogens with one attached hydrogen (secondary N) is 1. The van der Waals surface area contributed by atoms with Crippen LogP contribution in [0.4, 0.5) is 18.9 Å². The fourth-order valence-electron chi connectivity index (χ4n) is 3.68. The highest BCUT2D eigenvalue weighted by Crippen LogP contribution is 2.33. The van der Waals surface area contributed by atoms with Gasteiger partial charge in [0.05, 0.1) is 11.3 Å². The van der Waals surface area contributed by atoms with Crippen LogP contribution in [0, 0.1) is 6.92 Å². The number of alkyl halides is 3. The predicted octanol–water partition coefficient (Wildman–Crippen LogP) is 6.20. The number of benzene rings is 2. The van der Waals surface area contributed by atoms with Gasteiger partial charge < -0.3 is 9.84 Å². The van der Waals surface area contributed by atoms with E-state index in [-0.39, 0.29) is 0 Å². The number of anilines is 1. The minimum Gasteiger partial charge on any atom is -0.356 e. The number of carbonyl (C=O) groups is 1. The molecule has 0 spiro atoms. The maximum atomic E-state index is 12.8. The number of aryl methyl sites for hydroxylation is 2. The Hall–Kier alpha value is -3.35. The first-order valence-electron chi connectivity index (χ1n) is 10.1. The van der Waals surface area contributed by atoms with Crippen LogP contribution < -0.4 is 5.32 Å². The van der Waals surface area contributed by atoms with Crippen LogP contribution in [0.1, 0.15) is 40.8 Å². The number of fused-ring (bicyclic) bond motifs is 1. The Balaban J connectivity index is 1.52. The summed E-state index contributed by atoms with van der Waals surface area (Å²) < 4.78 is 44.1. The Morgan fingerprint density at radius 2 is 1.94 bits per heavy atom. The summed E-state index contributed by atoms with van der Waals surface area (Å²) in [5, 5.41) is 6.98. The number of amides is 1. The van der Waals surface area contributed by atoms with Gasteiger partial charge in [-0.1, -0.05) is 29.4 Å². The molecule has 0 unspecified atom stereocenters. The van der Waals surface area contributed by atoms with Crippen molar-refractivity contribution in [3.63, 3.8) is 0 Å². The molecule has 0 atom stereocenters. The molecule has 160 valence electrons. The Morgan fingerprint density at radius 1 is 1.13 bits per heavy atom. The lowest BCUT2D eigenvalue weighted by Gasteiger charge is -2.11. The summed E-state index contributed by atoms with van der Waals surface area (Å²) in [7, 11) is 0. The lowest BCUT2D eigenvalue weighted by molar-refractivity contribution is -0.137. The second-order valence-corrected chi connectivity index (χ2v) is 7.62. The second kappa shape index (κ2) is 8.41. The van der Waals surface area contributed by atoms with E-state index in [4.69, 9.17) is 4.52 Å². The molecule has 31 heavy (non-hydrogen) atoms. The fraction of sp³-hybridized carbons (Fsp3) is 0.250. The molecule has 3 aromatic rings. The molecule has 1 aliphatic carbocycles. The maximum Gasteiger partial charge on any atom is 0.416 e. The Kier molecular flexibility index (Phi) is 5.67. The highest BCUT2D eigenvalue weighted by Gasteiger charge is 2.30. The van der Waals surface area contributed by atoms with Crippen molar-refractivity contribution in [3.05, 3.63) is 76.5 Å². The molecule has 0 aliphatic heterocycles. The molecule has 1 aliphatic rings. The average Bonchev–Trinajstić information content (AvgIpc) is 3.18. The standard InChI is InChI=1S/C24H21F3N2O2/c1-15-9-11-17(23-19-7-2-3-8-20(19)29-31-23)14-21(15)28-22(30)12-10-16-5-4-6-18(13-16)24(25,26)27/h4-6,9-14H,2-3,7-8H2,1H3,(H,28,30). The zero-order chi connectivity index (χ0) is 22.0. The molecule has 7 heteroatoms. The van der Waals surface area contributed by atoms with Gasteiger partial charge in [-0.2, -0.15) is 13.2 Å². The molecule has 4 rings (SSSR count). The van der Waals surface area contributed by atoms with Crippen molar-refractivity contribution in [3.8, 4) is 11.3 Å². The van der Waals surface area contributed by atoms with Crippen LogP contribution in [0.25, 0.3) is 17.4 Å². The zero-order valence-electron chi connectivity index (χ0n) is 16.9. The van der Waals surface area contributed by atoms with Crippen LogP contribution in [0.2, 0.25) is 0 Å². The SMILES string of the molecule is Cc1ccc(-c2onc3c2CCCC3)cc1NC(=O)C=Cc1cccc(C(F)(F)F)c1. The van der Waals surface area contributed by atoms with Crippen LogP contribution in [0.15, 0.2) is 53.1 Å². The molecule has 2 aromatic carbocycles. The fourth-order valence-corrected chi connectivity index (χ4v) is 3.68. The van der Waals surface area contributed by atoms with Crippen molar-refractivity contribution < 1.29 is 22.5 Å². The molecule has 1 amide bonds. The number of rotatable bonds is 4. The van der Waals surface area contributed by atoms with Gasteiger partial charge in [-0.15, -0.1) is 0 Å². The number of carbonyl (C=O) groups excluding carboxylic acids is 1. The number of nitrogens with zero attached hydrogens (tertiary/aromatic N) is 1. The Bertz CT molecular complexity index is 1150. The van der Waals surface area contributed by atoms with E-state index in [9.17, 15) is 18.0 Å². The Labute approximate surface area is 177 Å². The summed E-state index contributed by atoms with van der Waals surface area (Å²) in [5.41, 5.74) is 3.96. The van der Waals surface area contributed by atoms with Crippen molar-refractivity contribution >= 4 is 17.7 Å². The van der Waals surface area contributed by atoms with Crippen LogP contribution >= 0.6 is 0 Å². The summed E-state index contributed by atoms with van der Waals surface area (Å²) in [4.78, 5) is 12.4. The van der Waals surface area contributed by atoms with Gasteiger partial charge in [-0.05, 0) is 68.0 Å². The molecule has 0 bridgehead atoms. The third-order valence-electron chi connectivity index (χ3n) is 5.36. The molecule has 0 saturated heterocycles. The van der Waals surface area contributed by atoms with Crippen molar-refractivity contribution in [2.24, 2.45) is 0 Å². The number of halogens is 3. The third-order valence-corrected chi connectivity index (χ3v) is 5.36. The van der Waals surface area contributed by atoms with Gasteiger partial charge in [0.2, 0.25) is 5.91 Å².